The van der Waals surface area contributed by atoms with Crippen LogP contribution in [0.15, 0.2) is 35.3 Å². The highest BCUT2D eigenvalue weighted by Gasteiger charge is 2.28. The van der Waals surface area contributed by atoms with Crippen LogP contribution in [0.5, 0.6) is 0 Å². The normalized spacial score (nSPS) is 11.2. The van der Waals surface area contributed by atoms with E-state index in [9.17, 15) is 27.2 Å². The number of aromatic amines is 1. The van der Waals surface area contributed by atoms with Gasteiger partial charge in [0.2, 0.25) is 0 Å². The van der Waals surface area contributed by atoms with Crippen LogP contribution in [-0.2, 0) is 11.2 Å². The molecule has 3 rings (SSSR count). The Morgan fingerprint density at radius 1 is 1.23 bits per heavy atom. The van der Waals surface area contributed by atoms with Crippen molar-refractivity contribution in [2.45, 2.75) is 12.6 Å². The van der Waals surface area contributed by atoms with Gasteiger partial charge in [-0.2, -0.15) is 13.2 Å². The quantitative estimate of drug-likeness (QED) is 0.459. The van der Waals surface area contributed by atoms with E-state index in [-0.39, 0.29) is 27.2 Å². The summed E-state index contributed by atoms with van der Waals surface area (Å²) in [5, 5.41) is 11.2. The molecule has 190 valence electrons. The van der Waals surface area contributed by atoms with Crippen LogP contribution in [0.4, 0.5) is 17.6 Å². The van der Waals surface area contributed by atoms with Gasteiger partial charge in [-0.15, -0.1) is 0 Å². The van der Waals surface area contributed by atoms with Gasteiger partial charge in [0.1, 0.15) is 22.5 Å². The molecule has 1 amide bonds. The molecular formula is C21H20Cl2F4N4O4. The molecule has 0 spiro atoms. The average Bonchev–Trinajstić information content (AvgIpc) is 3.10. The Morgan fingerprint density at radius 2 is 1.86 bits per heavy atom. The number of hydrogen-bond donors (Lipinski definition) is 2. The lowest BCUT2D eigenvalue weighted by atomic mass is 10.0. The second-order valence-corrected chi connectivity index (χ2v) is 8.08. The van der Waals surface area contributed by atoms with Gasteiger partial charge >= 0.3 is 6.18 Å². The second-order valence-electron chi connectivity index (χ2n) is 7.31. The molecule has 35 heavy (non-hydrogen) atoms. The van der Waals surface area contributed by atoms with Crippen LogP contribution in [0.1, 0.15) is 21.6 Å². The summed E-state index contributed by atoms with van der Waals surface area (Å²) >= 11 is 12.3. The van der Waals surface area contributed by atoms with Gasteiger partial charge < -0.3 is 25.1 Å². The molecule has 0 fully saturated rings. The maximum absolute atomic E-state index is 14.3. The molecule has 0 bridgehead atoms. The van der Waals surface area contributed by atoms with Gasteiger partial charge in [0, 0.05) is 25.4 Å². The number of alkyl halides is 3. The fourth-order valence-corrected chi connectivity index (χ4v) is 3.45. The van der Waals surface area contributed by atoms with Gasteiger partial charge in [-0.05, 0) is 23.8 Å². The number of fused-ring (bicyclic) bond motifs is 1. The van der Waals surface area contributed by atoms with E-state index in [4.69, 9.17) is 33.1 Å². The van der Waals surface area contributed by atoms with Gasteiger partial charge in [-0.1, -0.05) is 29.3 Å². The van der Waals surface area contributed by atoms with Gasteiger partial charge in [0.15, 0.2) is 0 Å². The molecule has 1 aromatic carbocycles. The van der Waals surface area contributed by atoms with E-state index in [0.29, 0.717) is 29.7 Å². The Kier molecular flexibility index (Phi) is 9.30. The number of carbonyl (C=O) groups is 2. The number of nitrogens with zero attached hydrogens (tertiary/aromatic N) is 2. The Labute approximate surface area is 206 Å². The molecule has 14 heteroatoms. The first kappa shape index (κ1) is 28.1. The Hall–Kier alpha value is -3.09. The predicted octanol–water partition coefficient (Wildman–Crippen LogP) is 1.23. The fraction of sp³-hybridized carbons (Fsp3) is 0.286. The van der Waals surface area contributed by atoms with E-state index in [1.807, 2.05) is 12.4 Å². The topological polar surface area (TPSA) is 114 Å². The standard InChI is InChI=1S/C19H19Cl2FN4O2.C2HF3O2/c1-23-5-6-25(2)19(28)13-8-11(3-4-15(13)22)7-12-10-24-18(27)16-9-14(20)17(21)26(12)16;3-2(4,5)1(6)7/h3-4,8-10,23H,5-7H2,1-2H3,(H,24,27);(H,6,7). The van der Waals surface area contributed by atoms with Crippen molar-refractivity contribution < 1.29 is 37.6 Å². The van der Waals surface area contributed by atoms with Crippen molar-refractivity contribution in [3.63, 3.8) is 0 Å². The zero-order chi connectivity index (χ0) is 26.5. The first-order valence-electron chi connectivity index (χ1n) is 9.94. The second kappa shape index (κ2) is 11.6. The highest BCUT2D eigenvalue weighted by Crippen LogP contribution is 2.27. The molecule has 2 aromatic heterocycles. The first-order valence-corrected chi connectivity index (χ1v) is 10.7. The van der Waals surface area contributed by atoms with Gasteiger partial charge in [0.25, 0.3) is 11.5 Å². The van der Waals surface area contributed by atoms with E-state index in [2.05, 4.69) is 4.98 Å². The molecule has 0 saturated carbocycles. The number of rotatable bonds is 6. The number of benzene rings is 1. The van der Waals surface area contributed by atoms with E-state index in [1.165, 1.54) is 29.3 Å². The summed E-state index contributed by atoms with van der Waals surface area (Å²) in [6.07, 6.45) is -3.34. The summed E-state index contributed by atoms with van der Waals surface area (Å²) in [6, 6.07) is 5.89. The highest BCUT2D eigenvalue weighted by atomic mass is 35.5. The minimum absolute atomic E-state index is 0.00778. The van der Waals surface area contributed by atoms with Crippen molar-refractivity contribution in [1.29, 1.82) is 0 Å². The number of nitrogens with one attached hydrogen (secondary N) is 1. The minimum atomic E-state index is -5.19. The third-order valence-electron chi connectivity index (χ3n) is 4.77. The van der Waals surface area contributed by atoms with Crippen molar-refractivity contribution in [1.82, 2.24) is 14.3 Å². The van der Waals surface area contributed by atoms with Gasteiger partial charge in [-0.3, -0.25) is 14.0 Å². The lowest BCUT2D eigenvalue weighted by Gasteiger charge is -2.17. The summed E-state index contributed by atoms with van der Waals surface area (Å²) in [6.45, 7) is 1.24. The first-order chi connectivity index (χ1) is 16.3. The number of aliphatic carboxylic acids is 1. The summed E-state index contributed by atoms with van der Waals surface area (Å²) in [4.78, 5) is 37.5. The maximum atomic E-state index is 14.3. The third kappa shape index (κ3) is 6.96. The Balaban J connectivity index is 0.000000540. The average molecular weight is 539 g/mol. The van der Waals surface area contributed by atoms with Crippen LogP contribution in [0.25, 0.3) is 5.52 Å². The number of hydrogen-bond acceptors (Lipinski definition) is 4. The number of carboxylic acids is 1. The smallest absolute Gasteiger partial charge is 0.430 e. The zero-order valence-corrected chi connectivity index (χ0v) is 19.9. The lowest BCUT2D eigenvalue weighted by molar-refractivity contribution is -0.626. The highest BCUT2D eigenvalue weighted by molar-refractivity contribution is 6.42. The molecule has 0 saturated heterocycles. The Bertz CT molecular complexity index is 1290. The zero-order valence-electron chi connectivity index (χ0n) is 18.4. The molecule has 0 aliphatic heterocycles. The van der Waals surface area contributed by atoms with Gasteiger partial charge in [0.05, 0.1) is 30.7 Å². The summed E-state index contributed by atoms with van der Waals surface area (Å²) in [5.74, 6) is -3.96. The number of aromatic nitrogens is 2. The number of H-pyrrole nitrogens is 1. The largest absolute Gasteiger partial charge is 0.542 e. The Morgan fingerprint density at radius 3 is 2.43 bits per heavy atom. The minimum Gasteiger partial charge on any atom is -0.542 e. The SMILES string of the molecule is C[NH2+]CCN(C)C(=O)c1cc(Cc2c[nH]c(=O)c3cc(Cl)c(Cl)n23)ccc1F.O=C([O-])C(F)(F)F. The van der Waals surface area contributed by atoms with E-state index in [0.717, 1.165) is 6.54 Å². The lowest BCUT2D eigenvalue weighted by Crippen LogP contribution is -2.81. The number of carbonyl (C=O) groups excluding carboxylic acids is 2. The van der Waals surface area contributed by atoms with Crippen LogP contribution in [0.2, 0.25) is 10.2 Å². The number of halogens is 6. The molecule has 0 aliphatic carbocycles. The van der Waals surface area contributed by atoms with Crippen LogP contribution in [0, 0.1) is 5.82 Å². The van der Waals surface area contributed by atoms with Crippen LogP contribution in [0.3, 0.4) is 0 Å². The summed E-state index contributed by atoms with van der Waals surface area (Å²) in [5.41, 5.74) is 1.37. The van der Waals surface area contributed by atoms with Gasteiger partial charge in [-0.25, -0.2) is 4.39 Å². The molecule has 2 heterocycles. The van der Waals surface area contributed by atoms with Crippen molar-refractivity contribution >= 4 is 40.6 Å². The van der Waals surface area contributed by atoms with Crippen LogP contribution in [-0.4, -0.2) is 59.5 Å². The molecule has 8 nitrogen and oxygen atoms in total. The molecule has 3 aromatic rings. The van der Waals surface area contributed by atoms with Crippen LogP contribution < -0.4 is 16.0 Å². The van der Waals surface area contributed by atoms with E-state index in [1.54, 1.807) is 17.5 Å². The monoisotopic (exact) mass is 538 g/mol. The number of likely N-dealkylation sites (N-methyl/N-ethyl adjacent to an activating group) is 2. The summed E-state index contributed by atoms with van der Waals surface area (Å²) < 4.78 is 47.4. The predicted molar refractivity (Wildman–Crippen MR) is 118 cm³/mol. The number of carboxylic acid groups (broad SMARTS) is 1. The molecule has 0 aliphatic rings. The summed E-state index contributed by atoms with van der Waals surface area (Å²) in [7, 11) is 3.55. The maximum Gasteiger partial charge on any atom is 0.430 e. The number of nitrogens with two attached hydrogens (primary N) is 1. The molecular weight excluding hydrogens is 519 g/mol. The molecule has 0 unspecified atom stereocenters. The molecule has 0 atom stereocenters. The molecule has 3 N–H and O–H groups in total. The number of quaternary nitrogens is 1. The third-order valence-corrected chi connectivity index (χ3v) is 5.52. The van der Waals surface area contributed by atoms with Crippen molar-refractivity contribution in [2.75, 3.05) is 27.2 Å². The van der Waals surface area contributed by atoms with E-state index < -0.39 is 18.0 Å². The van der Waals surface area contributed by atoms with Crippen LogP contribution >= 0.6 is 23.2 Å². The fourth-order valence-electron chi connectivity index (χ4n) is 3.01. The van der Waals surface area contributed by atoms with E-state index >= 15 is 0 Å². The number of amides is 1. The molecule has 0 radical (unpaired) electrons. The van der Waals surface area contributed by atoms with Crippen molar-refractivity contribution in [3.05, 3.63) is 73.6 Å². The van der Waals surface area contributed by atoms with Crippen molar-refractivity contribution in [2.24, 2.45) is 0 Å². The van der Waals surface area contributed by atoms with Crippen molar-refractivity contribution in [3.8, 4) is 0 Å².